The number of nitrogens with zero attached hydrogens (tertiary/aromatic N) is 1. The predicted octanol–water partition coefficient (Wildman–Crippen LogP) is 4.35. The summed E-state index contributed by atoms with van der Waals surface area (Å²) in [5.74, 6) is 2.13. The van der Waals surface area contributed by atoms with Gasteiger partial charge in [0.25, 0.3) is 0 Å². The Morgan fingerprint density at radius 1 is 0.903 bits per heavy atom. The van der Waals surface area contributed by atoms with Gasteiger partial charge in [0.2, 0.25) is 5.91 Å². The molecule has 31 heavy (non-hydrogen) atoms. The summed E-state index contributed by atoms with van der Waals surface area (Å²) in [5.41, 5.74) is 2.82. The summed E-state index contributed by atoms with van der Waals surface area (Å²) in [6.07, 6.45) is 0. The quantitative estimate of drug-likeness (QED) is 0.528. The average Bonchev–Trinajstić information content (AvgIpc) is 2.79. The van der Waals surface area contributed by atoms with Crippen molar-refractivity contribution in [2.24, 2.45) is 0 Å². The summed E-state index contributed by atoms with van der Waals surface area (Å²) in [4.78, 5) is 14.4. The van der Waals surface area contributed by atoms with Crippen molar-refractivity contribution in [3.05, 3.63) is 83.9 Å². The first-order valence-corrected chi connectivity index (χ1v) is 10.0. The molecule has 0 aliphatic rings. The molecule has 1 amide bonds. The molecule has 162 valence electrons. The van der Waals surface area contributed by atoms with Crippen molar-refractivity contribution in [3.8, 4) is 17.2 Å². The first-order chi connectivity index (χ1) is 15.1. The van der Waals surface area contributed by atoms with Gasteiger partial charge in [-0.3, -0.25) is 9.69 Å². The van der Waals surface area contributed by atoms with Crippen molar-refractivity contribution >= 4 is 11.6 Å². The number of ether oxygens (including phenoxy) is 3. The summed E-state index contributed by atoms with van der Waals surface area (Å²) >= 11 is 0. The fourth-order valence-corrected chi connectivity index (χ4v) is 3.15. The Morgan fingerprint density at radius 2 is 1.61 bits per heavy atom. The van der Waals surface area contributed by atoms with Gasteiger partial charge in [0.05, 0.1) is 20.8 Å². The highest BCUT2D eigenvalue weighted by molar-refractivity contribution is 5.92. The van der Waals surface area contributed by atoms with Gasteiger partial charge in [-0.1, -0.05) is 36.4 Å². The first kappa shape index (κ1) is 22.2. The molecule has 3 aromatic rings. The Labute approximate surface area is 183 Å². The van der Waals surface area contributed by atoms with Crippen LogP contribution in [0.1, 0.15) is 11.1 Å². The first-order valence-electron chi connectivity index (χ1n) is 10.0. The lowest BCUT2D eigenvalue weighted by molar-refractivity contribution is -0.117. The Morgan fingerprint density at radius 3 is 2.29 bits per heavy atom. The number of anilines is 1. The van der Waals surface area contributed by atoms with Crippen molar-refractivity contribution in [1.82, 2.24) is 4.90 Å². The zero-order valence-electron chi connectivity index (χ0n) is 18.1. The number of hydrogen-bond donors (Lipinski definition) is 1. The molecule has 0 atom stereocenters. The minimum absolute atomic E-state index is 0.0899. The number of rotatable bonds is 10. The largest absolute Gasteiger partial charge is 0.497 e. The molecule has 0 bridgehead atoms. The van der Waals surface area contributed by atoms with Crippen LogP contribution in [0.25, 0.3) is 0 Å². The molecule has 3 rings (SSSR count). The van der Waals surface area contributed by atoms with E-state index in [9.17, 15) is 4.79 Å². The minimum Gasteiger partial charge on any atom is -0.497 e. The fourth-order valence-electron chi connectivity index (χ4n) is 3.15. The summed E-state index contributed by atoms with van der Waals surface area (Å²) in [6.45, 7) is 1.33. The van der Waals surface area contributed by atoms with Gasteiger partial charge in [-0.15, -0.1) is 0 Å². The maximum Gasteiger partial charge on any atom is 0.238 e. The van der Waals surface area contributed by atoms with E-state index in [2.05, 4.69) is 5.32 Å². The maximum atomic E-state index is 12.4. The third-order valence-electron chi connectivity index (χ3n) is 4.73. The number of hydrogen-bond acceptors (Lipinski definition) is 5. The van der Waals surface area contributed by atoms with E-state index in [1.165, 1.54) is 0 Å². The fraction of sp³-hybridized carbons (Fsp3) is 0.240. The Hall–Kier alpha value is -3.51. The molecule has 0 aromatic heterocycles. The second kappa shape index (κ2) is 11.0. The van der Waals surface area contributed by atoms with E-state index < -0.39 is 0 Å². The third-order valence-corrected chi connectivity index (χ3v) is 4.73. The Bertz CT molecular complexity index is 975. The van der Waals surface area contributed by atoms with Crippen LogP contribution in [0, 0.1) is 0 Å². The molecule has 0 aliphatic carbocycles. The number of amides is 1. The van der Waals surface area contributed by atoms with Crippen molar-refractivity contribution in [2.75, 3.05) is 33.1 Å². The highest BCUT2D eigenvalue weighted by Crippen LogP contribution is 2.25. The molecule has 0 fully saturated rings. The normalized spacial score (nSPS) is 10.6. The number of likely N-dealkylation sites (N-methyl/N-ethyl adjacent to an activating group) is 1. The minimum atomic E-state index is -0.0899. The summed E-state index contributed by atoms with van der Waals surface area (Å²) in [5, 5.41) is 2.92. The molecule has 6 nitrogen and oxygen atoms in total. The highest BCUT2D eigenvalue weighted by atomic mass is 16.5. The van der Waals surface area contributed by atoms with Crippen molar-refractivity contribution in [2.45, 2.75) is 13.2 Å². The number of methoxy groups -OCH3 is 2. The van der Waals surface area contributed by atoms with E-state index in [0.717, 1.165) is 34.1 Å². The molecule has 3 aromatic carbocycles. The standard InChI is InChI=1S/C25H28N2O4/c1-27(16-20-9-12-23(29-2)15-24(20)30-3)17-25(28)26-21-10-13-22(14-11-21)31-18-19-7-5-4-6-8-19/h4-15H,16-18H2,1-3H3,(H,26,28). The molecule has 0 spiro atoms. The van der Waals surface area contributed by atoms with Crippen molar-refractivity contribution in [3.63, 3.8) is 0 Å². The lowest BCUT2D eigenvalue weighted by Crippen LogP contribution is -2.29. The van der Waals surface area contributed by atoms with E-state index in [1.54, 1.807) is 14.2 Å². The van der Waals surface area contributed by atoms with Crippen molar-refractivity contribution < 1.29 is 19.0 Å². The average molecular weight is 421 g/mol. The summed E-state index contributed by atoms with van der Waals surface area (Å²) in [6, 6.07) is 23.0. The van der Waals surface area contributed by atoms with Crippen LogP contribution in [0.3, 0.4) is 0 Å². The molecular weight excluding hydrogens is 392 g/mol. The molecule has 0 heterocycles. The smallest absolute Gasteiger partial charge is 0.238 e. The second-order valence-electron chi connectivity index (χ2n) is 7.20. The van der Waals surface area contributed by atoms with Crippen LogP contribution in [0.5, 0.6) is 17.2 Å². The molecule has 0 unspecified atom stereocenters. The van der Waals surface area contributed by atoms with E-state index in [4.69, 9.17) is 14.2 Å². The van der Waals surface area contributed by atoms with Gasteiger partial charge in [-0.25, -0.2) is 0 Å². The third kappa shape index (κ3) is 6.76. The Kier molecular flexibility index (Phi) is 7.90. The van der Waals surface area contributed by atoms with Gasteiger partial charge in [0, 0.05) is 23.9 Å². The van der Waals surface area contributed by atoms with Gasteiger partial charge >= 0.3 is 0 Å². The lowest BCUT2D eigenvalue weighted by atomic mass is 10.2. The molecule has 6 heteroatoms. The second-order valence-corrected chi connectivity index (χ2v) is 7.20. The van der Waals surface area contributed by atoms with Crippen LogP contribution in [-0.2, 0) is 17.9 Å². The summed E-state index contributed by atoms with van der Waals surface area (Å²) in [7, 11) is 5.13. The van der Waals surface area contributed by atoms with Crippen LogP contribution >= 0.6 is 0 Å². The van der Waals surface area contributed by atoms with E-state index in [-0.39, 0.29) is 12.5 Å². The highest BCUT2D eigenvalue weighted by Gasteiger charge is 2.11. The topological polar surface area (TPSA) is 60.0 Å². The maximum absolute atomic E-state index is 12.4. The number of carbonyl (C=O) groups excluding carboxylic acids is 1. The molecule has 0 saturated heterocycles. The zero-order valence-corrected chi connectivity index (χ0v) is 18.1. The van der Waals surface area contributed by atoms with Crippen LogP contribution in [0.4, 0.5) is 5.69 Å². The van der Waals surface area contributed by atoms with Crippen LogP contribution < -0.4 is 19.5 Å². The van der Waals surface area contributed by atoms with E-state index in [0.29, 0.717) is 13.2 Å². The van der Waals surface area contributed by atoms with E-state index in [1.807, 2.05) is 84.7 Å². The zero-order chi connectivity index (χ0) is 22.1. The lowest BCUT2D eigenvalue weighted by Gasteiger charge is -2.18. The molecule has 0 radical (unpaired) electrons. The number of nitrogens with one attached hydrogen (secondary N) is 1. The predicted molar refractivity (Wildman–Crippen MR) is 122 cm³/mol. The van der Waals surface area contributed by atoms with Crippen molar-refractivity contribution in [1.29, 1.82) is 0 Å². The monoisotopic (exact) mass is 420 g/mol. The van der Waals surface area contributed by atoms with Crippen LogP contribution in [0.2, 0.25) is 0 Å². The molecule has 0 aliphatic heterocycles. The van der Waals surface area contributed by atoms with Gasteiger partial charge in [0.1, 0.15) is 23.9 Å². The van der Waals surface area contributed by atoms with E-state index >= 15 is 0 Å². The number of benzene rings is 3. The number of carbonyl (C=O) groups is 1. The van der Waals surface area contributed by atoms with Gasteiger partial charge < -0.3 is 19.5 Å². The SMILES string of the molecule is COc1ccc(CN(C)CC(=O)Nc2ccc(OCc3ccccc3)cc2)c(OC)c1. The molecule has 0 saturated carbocycles. The van der Waals surface area contributed by atoms with Crippen LogP contribution in [0.15, 0.2) is 72.8 Å². The van der Waals surface area contributed by atoms with Gasteiger partial charge in [-0.2, -0.15) is 0 Å². The van der Waals surface area contributed by atoms with Gasteiger partial charge in [0.15, 0.2) is 0 Å². The van der Waals surface area contributed by atoms with Gasteiger partial charge in [-0.05, 0) is 42.9 Å². The Balaban J connectivity index is 1.48. The molecular formula is C25H28N2O4. The summed E-state index contributed by atoms with van der Waals surface area (Å²) < 4.78 is 16.4. The van der Waals surface area contributed by atoms with Crippen LogP contribution in [-0.4, -0.2) is 38.6 Å². The molecule has 1 N–H and O–H groups in total.